The summed E-state index contributed by atoms with van der Waals surface area (Å²) in [5, 5.41) is 51.0. The topological polar surface area (TPSA) is 137 Å². The van der Waals surface area contributed by atoms with E-state index in [1.807, 2.05) is 0 Å². The van der Waals surface area contributed by atoms with Crippen LogP contribution in [0.2, 0.25) is 0 Å². The minimum Gasteiger partial charge on any atom is -0.394 e. The molecule has 8 nitrogen and oxygen atoms in total. The van der Waals surface area contributed by atoms with Crippen LogP contribution < -0.4 is 0 Å². The van der Waals surface area contributed by atoms with E-state index in [2.05, 4.69) is 19.9 Å². The number of fused-ring (bicyclic) bond motifs is 5. The lowest BCUT2D eigenvalue weighted by molar-refractivity contribution is -0.313. The fourth-order valence-electron chi connectivity index (χ4n) is 8.81. The third-order valence-electron chi connectivity index (χ3n) is 10.7. The van der Waals surface area contributed by atoms with Crippen molar-refractivity contribution in [2.24, 2.45) is 34.5 Å². The monoisotopic (exact) mass is 494 g/mol. The Bertz CT molecular complexity index is 858. The van der Waals surface area contributed by atoms with Gasteiger partial charge in [-0.3, -0.25) is 4.79 Å². The number of rotatable bonds is 4. The fourth-order valence-corrected chi connectivity index (χ4v) is 8.81. The quantitative estimate of drug-likeness (QED) is 0.369. The first-order valence-corrected chi connectivity index (χ1v) is 13.3. The van der Waals surface area contributed by atoms with E-state index >= 15 is 0 Å². The summed E-state index contributed by atoms with van der Waals surface area (Å²) in [6, 6.07) is 0. The molecular weight excluding hydrogens is 452 g/mol. The van der Waals surface area contributed by atoms with Crippen LogP contribution >= 0.6 is 0 Å². The number of hydrogen-bond acceptors (Lipinski definition) is 8. The maximum Gasteiger partial charge on any atom is 0.186 e. The van der Waals surface area contributed by atoms with Crippen LogP contribution in [0.15, 0.2) is 11.6 Å². The number of aliphatic hydroxyl groups excluding tert-OH is 5. The summed E-state index contributed by atoms with van der Waals surface area (Å²) in [6.45, 7) is 5.77. The predicted molar refractivity (Wildman–Crippen MR) is 126 cm³/mol. The van der Waals surface area contributed by atoms with Gasteiger partial charge in [0, 0.05) is 5.92 Å². The first kappa shape index (κ1) is 25.8. The highest BCUT2D eigenvalue weighted by molar-refractivity contribution is 5.79. The lowest BCUT2D eigenvalue weighted by Gasteiger charge is -2.58. The molecule has 2 unspecified atom stereocenters. The third-order valence-corrected chi connectivity index (χ3v) is 10.7. The van der Waals surface area contributed by atoms with Gasteiger partial charge in [0.1, 0.15) is 30.2 Å². The van der Waals surface area contributed by atoms with Gasteiger partial charge in [-0.05, 0) is 80.5 Å². The van der Waals surface area contributed by atoms with E-state index < -0.39 is 43.4 Å². The molecule has 5 N–H and O–H groups in total. The Morgan fingerprint density at radius 2 is 1.86 bits per heavy atom. The van der Waals surface area contributed by atoms with Crippen molar-refractivity contribution in [3.63, 3.8) is 0 Å². The van der Waals surface area contributed by atoms with Crippen LogP contribution in [0, 0.1) is 34.5 Å². The number of hydrogen-bond donors (Lipinski definition) is 5. The molecule has 0 amide bonds. The van der Waals surface area contributed by atoms with Gasteiger partial charge in [0.15, 0.2) is 6.29 Å². The smallest absolute Gasteiger partial charge is 0.186 e. The van der Waals surface area contributed by atoms with Crippen molar-refractivity contribution in [1.82, 2.24) is 0 Å². The summed E-state index contributed by atoms with van der Waals surface area (Å²) in [5.41, 5.74) is 1.23. The third kappa shape index (κ3) is 3.95. The normalized spacial score (nSPS) is 53.8. The molecule has 1 saturated heterocycles. The van der Waals surface area contributed by atoms with Crippen molar-refractivity contribution < 1.29 is 39.8 Å². The zero-order valence-electron chi connectivity index (χ0n) is 21.0. The van der Waals surface area contributed by atoms with Crippen molar-refractivity contribution >= 4 is 5.78 Å². The average Bonchev–Trinajstić information content (AvgIpc) is 3.10. The van der Waals surface area contributed by atoms with Crippen molar-refractivity contribution in [3.8, 4) is 0 Å². The molecule has 4 fully saturated rings. The van der Waals surface area contributed by atoms with E-state index in [0.29, 0.717) is 24.7 Å². The SMILES string of the molecule is CC(=O)[C@H]1CC(O)[C@H]2[C@@H]3CC=C4CC(O[C@@H]5O[C@H](CO)[C@@H](O)[C@H](O)[C@H]5O)CC[C@]4(C)[C@H]3CC[C@]12C. The van der Waals surface area contributed by atoms with Gasteiger partial charge in [0.05, 0.1) is 18.8 Å². The minimum atomic E-state index is -1.44. The maximum absolute atomic E-state index is 12.4. The lowest BCUT2D eigenvalue weighted by atomic mass is 9.47. The number of aliphatic hydroxyl groups is 5. The first-order chi connectivity index (χ1) is 16.5. The number of ketones is 1. The van der Waals surface area contributed by atoms with Gasteiger partial charge >= 0.3 is 0 Å². The second-order valence-corrected chi connectivity index (χ2v) is 12.4. The summed E-state index contributed by atoms with van der Waals surface area (Å²) < 4.78 is 11.7. The Labute approximate surface area is 207 Å². The lowest BCUT2D eigenvalue weighted by Crippen LogP contribution is -2.60. The molecule has 1 aliphatic heterocycles. The molecule has 0 bridgehead atoms. The molecule has 198 valence electrons. The molecule has 4 aliphatic carbocycles. The molecule has 0 aromatic rings. The highest BCUT2D eigenvalue weighted by atomic mass is 16.7. The summed E-state index contributed by atoms with van der Waals surface area (Å²) in [5.74, 6) is 1.12. The number of ether oxygens (including phenoxy) is 2. The second kappa shape index (κ2) is 9.15. The largest absolute Gasteiger partial charge is 0.394 e. The molecule has 5 aliphatic rings. The van der Waals surface area contributed by atoms with Crippen LogP contribution in [-0.4, -0.2) is 80.8 Å². The number of carbonyl (C=O) groups is 1. The highest BCUT2D eigenvalue weighted by Gasteiger charge is 2.62. The highest BCUT2D eigenvalue weighted by Crippen LogP contribution is 2.66. The van der Waals surface area contributed by atoms with Crippen LogP contribution in [0.5, 0.6) is 0 Å². The molecule has 0 spiro atoms. The van der Waals surface area contributed by atoms with E-state index in [9.17, 15) is 30.3 Å². The molecule has 1 heterocycles. The standard InChI is InChI=1S/C27H42O8/c1-13(29)18-11-19(30)21-16-5-4-14-10-15(6-8-26(14,2)17(16)7-9-27(18,21)3)34-25-24(33)23(32)22(31)20(12-28)35-25/h4,15-25,28,30-33H,5-12H2,1-3H3/t15?,16-,17+,18-,19?,20-,21-,22-,23+,24-,25-,26+,27-/m1/s1. The van der Waals surface area contributed by atoms with Gasteiger partial charge in [-0.15, -0.1) is 0 Å². The van der Waals surface area contributed by atoms with Crippen molar-refractivity contribution in [2.75, 3.05) is 6.61 Å². The van der Waals surface area contributed by atoms with Crippen LogP contribution in [0.3, 0.4) is 0 Å². The van der Waals surface area contributed by atoms with Gasteiger partial charge in [-0.2, -0.15) is 0 Å². The molecule has 8 heteroatoms. The van der Waals surface area contributed by atoms with Crippen molar-refractivity contribution in [2.45, 2.75) is 109 Å². The first-order valence-electron chi connectivity index (χ1n) is 13.3. The van der Waals surface area contributed by atoms with E-state index in [1.165, 1.54) is 5.57 Å². The van der Waals surface area contributed by atoms with Gasteiger partial charge in [0.25, 0.3) is 0 Å². The molecule has 0 aromatic carbocycles. The predicted octanol–water partition coefficient (Wildman–Crippen LogP) is 1.31. The van der Waals surface area contributed by atoms with E-state index in [-0.39, 0.29) is 34.6 Å². The summed E-state index contributed by atoms with van der Waals surface area (Å²) in [4.78, 5) is 12.4. The average molecular weight is 495 g/mol. The van der Waals surface area contributed by atoms with Gasteiger partial charge in [-0.1, -0.05) is 25.5 Å². The Kier molecular flexibility index (Phi) is 6.74. The summed E-state index contributed by atoms with van der Waals surface area (Å²) >= 11 is 0. The zero-order valence-corrected chi connectivity index (χ0v) is 21.0. The van der Waals surface area contributed by atoms with Crippen LogP contribution in [0.1, 0.15) is 65.7 Å². The van der Waals surface area contributed by atoms with Gasteiger partial charge in [0.2, 0.25) is 0 Å². The Morgan fingerprint density at radius 1 is 1.11 bits per heavy atom. The van der Waals surface area contributed by atoms with Gasteiger partial charge < -0.3 is 35.0 Å². The fraction of sp³-hybridized carbons (Fsp3) is 0.889. The summed E-state index contributed by atoms with van der Waals surface area (Å²) in [6.07, 6.45) is 1.28. The minimum absolute atomic E-state index is 0.00746. The molecule has 13 atom stereocenters. The maximum atomic E-state index is 12.4. The van der Waals surface area contributed by atoms with E-state index in [1.54, 1.807) is 6.92 Å². The number of Topliss-reactive ketones (excluding diaryl/α,β-unsaturated/α-hetero) is 1. The van der Waals surface area contributed by atoms with E-state index in [4.69, 9.17) is 9.47 Å². The van der Waals surface area contributed by atoms with Crippen LogP contribution in [0.4, 0.5) is 0 Å². The van der Waals surface area contributed by atoms with Crippen LogP contribution in [0.25, 0.3) is 0 Å². The number of carbonyl (C=O) groups excluding carboxylic acids is 1. The van der Waals surface area contributed by atoms with Crippen molar-refractivity contribution in [1.29, 1.82) is 0 Å². The van der Waals surface area contributed by atoms with Crippen LogP contribution in [-0.2, 0) is 14.3 Å². The molecule has 5 rings (SSSR count). The Hall–Kier alpha value is -0.870. The summed E-state index contributed by atoms with van der Waals surface area (Å²) in [7, 11) is 0. The van der Waals surface area contributed by atoms with Gasteiger partial charge in [-0.25, -0.2) is 0 Å². The zero-order chi connectivity index (χ0) is 25.3. The molecule has 0 radical (unpaired) electrons. The molecular formula is C27H42O8. The Morgan fingerprint density at radius 3 is 2.54 bits per heavy atom. The molecule has 35 heavy (non-hydrogen) atoms. The van der Waals surface area contributed by atoms with E-state index in [0.717, 1.165) is 32.1 Å². The van der Waals surface area contributed by atoms with Crippen molar-refractivity contribution in [3.05, 3.63) is 11.6 Å². The number of allylic oxidation sites excluding steroid dienone is 1. The molecule has 3 saturated carbocycles. The Balaban J connectivity index is 1.31. The second-order valence-electron chi connectivity index (χ2n) is 12.4. The molecule has 0 aromatic heterocycles.